The smallest absolute Gasteiger partial charge is 0.196 e. The van der Waals surface area contributed by atoms with Crippen LogP contribution in [0.25, 0.3) is 0 Å². The third kappa shape index (κ3) is 2.32. The van der Waals surface area contributed by atoms with Crippen molar-refractivity contribution in [2.45, 2.75) is 12.1 Å². The van der Waals surface area contributed by atoms with Crippen molar-refractivity contribution in [3.05, 3.63) is 14.9 Å². The highest BCUT2D eigenvalue weighted by Crippen LogP contribution is 2.47. The van der Waals surface area contributed by atoms with Crippen molar-refractivity contribution in [3.8, 4) is 0 Å². The molecule has 19 heavy (non-hydrogen) atoms. The fraction of sp³-hybridized carbons (Fsp3) is 0.545. The first-order valence-corrected chi connectivity index (χ1v) is 7.35. The monoisotopic (exact) mass is 368 g/mol. The Morgan fingerprint density at radius 3 is 2.68 bits per heavy atom. The molecule has 2 heterocycles. The molecule has 1 aliphatic heterocycles. The van der Waals surface area contributed by atoms with Crippen LogP contribution in [0, 0.1) is 0 Å². The number of hydrogen-bond acceptors (Lipinski definition) is 6. The van der Waals surface area contributed by atoms with Crippen LogP contribution >= 0.6 is 39.7 Å². The third-order valence-electron chi connectivity index (χ3n) is 3.37. The number of ketones is 1. The van der Waals surface area contributed by atoms with Crippen molar-refractivity contribution in [1.29, 1.82) is 0 Å². The minimum atomic E-state index is -1.11. The fourth-order valence-corrected chi connectivity index (χ4v) is 4.46. The first kappa shape index (κ1) is 15.2. The topological polar surface area (TPSA) is 75.8 Å². The molecule has 2 atom stereocenters. The third-order valence-corrected chi connectivity index (χ3v) is 5.34. The first-order chi connectivity index (χ1) is 8.61. The van der Waals surface area contributed by atoms with Crippen LogP contribution in [-0.4, -0.2) is 43.3 Å². The minimum Gasteiger partial charge on any atom is -0.383 e. The molecule has 2 aliphatic rings. The maximum atomic E-state index is 12.1. The summed E-state index contributed by atoms with van der Waals surface area (Å²) in [7, 11) is 0. The number of carbonyl (C=O) groups excluding carboxylic acids is 1. The Hall–Kier alpha value is -0.180. The highest BCUT2D eigenvalue weighted by atomic mass is 79.9. The molecule has 5 nitrogen and oxygen atoms in total. The van der Waals surface area contributed by atoms with Gasteiger partial charge in [0.05, 0.1) is 28.6 Å². The summed E-state index contributed by atoms with van der Waals surface area (Å²) in [5.41, 5.74) is 7.23. The molecule has 0 amide bonds. The summed E-state index contributed by atoms with van der Waals surface area (Å²) in [4.78, 5) is 14.2. The molecule has 1 fully saturated rings. The number of aliphatic hydroxyl groups excluding tert-OH is 1. The number of hydrogen-bond donors (Lipinski definition) is 2. The summed E-state index contributed by atoms with van der Waals surface area (Å²) in [5, 5.41) is 10.7. The van der Waals surface area contributed by atoms with Crippen LogP contribution in [0.15, 0.2) is 3.79 Å². The highest BCUT2D eigenvalue weighted by Gasteiger charge is 2.42. The molecule has 2 unspecified atom stereocenters. The van der Waals surface area contributed by atoms with E-state index in [1.807, 2.05) is 0 Å². The summed E-state index contributed by atoms with van der Waals surface area (Å²) in [5.74, 6) is -0.263. The van der Waals surface area contributed by atoms with E-state index in [-0.39, 0.29) is 18.2 Å². The van der Waals surface area contributed by atoms with Crippen LogP contribution in [-0.2, 0) is 4.74 Å². The van der Waals surface area contributed by atoms with Crippen molar-refractivity contribution in [2.24, 2.45) is 5.73 Å². The predicted octanol–water partition coefficient (Wildman–Crippen LogP) is 1.33. The second-order valence-electron chi connectivity index (χ2n) is 4.40. The van der Waals surface area contributed by atoms with Crippen LogP contribution in [0.5, 0.6) is 0 Å². The van der Waals surface area contributed by atoms with Gasteiger partial charge in [0.2, 0.25) is 0 Å². The molecule has 8 heteroatoms. The molecule has 1 saturated heterocycles. The number of Topliss-reactive ketones (excluding diaryl/α,β-unsaturated/α-hetero) is 1. The van der Waals surface area contributed by atoms with Crippen LogP contribution in [0.3, 0.4) is 0 Å². The number of fused-ring (bicyclic) bond motifs is 1. The van der Waals surface area contributed by atoms with Crippen LogP contribution in [0.1, 0.15) is 22.0 Å². The van der Waals surface area contributed by atoms with Crippen LogP contribution in [0.2, 0.25) is 0 Å². The second kappa shape index (κ2) is 5.67. The average Bonchev–Trinajstić information content (AvgIpc) is 2.84. The number of morpholine rings is 1. The van der Waals surface area contributed by atoms with E-state index in [1.54, 1.807) is 0 Å². The quantitative estimate of drug-likeness (QED) is 0.781. The lowest BCUT2D eigenvalue weighted by Crippen LogP contribution is -2.36. The molecule has 0 saturated carbocycles. The number of rotatable bonds is 1. The normalized spacial score (nSPS) is 26.3. The Morgan fingerprint density at radius 2 is 2.05 bits per heavy atom. The number of thiophene rings is 1. The second-order valence-corrected chi connectivity index (χ2v) is 6.72. The molecule has 1 aromatic rings. The van der Waals surface area contributed by atoms with Gasteiger partial charge >= 0.3 is 0 Å². The zero-order valence-corrected chi connectivity index (χ0v) is 13.2. The minimum absolute atomic E-state index is 0. The van der Waals surface area contributed by atoms with Gasteiger partial charge in [-0.2, -0.15) is 0 Å². The fourth-order valence-electron chi connectivity index (χ4n) is 2.40. The number of anilines is 1. The lowest BCUT2D eigenvalue weighted by Gasteiger charge is -2.28. The van der Waals surface area contributed by atoms with Gasteiger partial charge in [-0.15, -0.1) is 23.7 Å². The number of halogens is 2. The molecule has 0 radical (unpaired) electrons. The Balaban J connectivity index is 0.00000133. The molecule has 106 valence electrons. The molecule has 0 bridgehead atoms. The van der Waals surface area contributed by atoms with Crippen molar-refractivity contribution in [1.82, 2.24) is 0 Å². The summed E-state index contributed by atoms with van der Waals surface area (Å²) < 4.78 is 6.15. The average molecular weight is 370 g/mol. The van der Waals surface area contributed by atoms with Gasteiger partial charge in [-0.25, -0.2) is 0 Å². The Bertz CT molecular complexity index is 504. The van der Waals surface area contributed by atoms with E-state index in [2.05, 4.69) is 20.8 Å². The SMILES string of the molecule is Cl.NC1c2c(Br)sc(N3CCOCC3)c2C(=O)C1O. The lowest BCUT2D eigenvalue weighted by atomic mass is 10.2. The van der Waals surface area contributed by atoms with Gasteiger partial charge < -0.3 is 20.5 Å². The predicted molar refractivity (Wildman–Crippen MR) is 79.6 cm³/mol. The summed E-state index contributed by atoms with van der Waals surface area (Å²) >= 11 is 4.96. The molecule has 1 aliphatic carbocycles. The number of aliphatic hydroxyl groups is 1. The standard InChI is InChI=1S/C11H13BrN2O3S.ClH/c12-10-5-6(8(15)9(16)7(5)13)11(18-10)14-1-3-17-4-2-14;/h7,9,16H,1-4,13H2;1H. The van der Waals surface area contributed by atoms with Crippen molar-refractivity contribution >= 4 is 50.5 Å². The molecule has 3 N–H and O–H groups in total. The van der Waals surface area contributed by atoms with Gasteiger partial charge in [-0.3, -0.25) is 4.79 Å². The van der Waals surface area contributed by atoms with E-state index in [1.165, 1.54) is 11.3 Å². The number of nitrogens with zero attached hydrogens (tertiary/aromatic N) is 1. The van der Waals surface area contributed by atoms with Gasteiger partial charge in [-0.05, 0) is 15.9 Å². The number of nitrogens with two attached hydrogens (primary N) is 1. The Kier molecular flexibility index (Phi) is 4.54. The van der Waals surface area contributed by atoms with E-state index in [0.29, 0.717) is 18.8 Å². The van der Waals surface area contributed by atoms with E-state index < -0.39 is 12.1 Å². The maximum absolute atomic E-state index is 12.1. The summed E-state index contributed by atoms with van der Waals surface area (Å²) in [6.45, 7) is 2.84. The number of ether oxygens (including phenoxy) is 1. The lowest BCUT2D eigenvalue weighted by molar-refractivity contribution is 0.0736. The van der Waals surface area contributed by atoms with E-state index >= 15 is 0 Å². The zero-order valence-electron chi connectivity index (χ0n) is 9.97. The maximum Gasteiger partial charge on any atom is 0.196 e. The van der Waals surface area contributed by atoms with Gasteiger partial charge in [0.1, 0.15) is 11.1 Å². The molecule has 0 aromatic carbocycles. The van der Waals surface area contributed by atoms with Gasteiger partial charge in [-0.1, -0.05) is 0 Å². The van der Waals surface area contributed by atoms with Crippen molar-refractivity contribution < 1.29 is 14.6 Å². The summed E-state index contributed by atoms with van der Waals surface area (Å²) in [6.07, 6.45) is -1.11. The highest BCUT2D eigenvalue weighted by molar-refractivity contribution is 9.11. The van der Waals surface area contributed by atoms with Crippen LogP contribution in [0.4, 0.5) is 5.00 Å². The van der Waals surface area contributed by atoms with E-state index in [0.717, 1.165) is 27.4 Å². The number of carbonyl (C=O) groups is 1. The summed E-state index contributed by atoms with van der Waals surface area (Å²) in [6, 6.07) is -0.618. The zero-order chi connectivity index (χ0) is 12.9. The molecule has 0 spiro atoms. The molecular formula is C11H14BrClN2O3S. The van der Waals surface area contributed by atoms with Crippen molar-refractivity contribution in [2.75, 3.05) is 31.2 Å². The Labute approximate surface area is 129 Å². The van der Waals surface area contributed by atoms with Gasteiger partial charge in [0.25, 0.3) is 0 Å². The molecule has 1 aromatic heterocycles. The molecular weight excluding hydrogens is 356 g/mol. The van der Waals surface area contributed by atoms with Crippen molar-refractivity contribution in [3.63, 3.8) is 0 Å². The molecule has 3 rings (SSSR count). The van der Waals surface area contributed by atoms with E-state index in [4.69, 9.17) is 10.5 Å². The Morgan fingerprint density at radius 1 is 1.42 bits per heavy atom. The van der Waals surface area contributed by atoms with Gasteiger partial charge in [0.15, 0.2) is 5.78 Å². The largest absolute Gasteiger partial charge is 0.383 e. The first-order valence-electron chi connectivity index (χ1n) is 5.74. The van der Waals surface area contributed by atoms with Crippen LogP contribution < -0.4 is 10.6 Å². The van der Waals surface area contributed by atoms with E-state index in [9.17, 15) is 9.90 Å². The van der Waals surface area contributed by atoms with Gasteiger partial charge in [0, 0.05) is 18.7 Å².